The molecule has 0 aliphatic rings. The van der Waals surface area contributed by atoms with E-state index >= 15 is 0 Å². The first-order valence-corrected chi connectivity index (χ1v) is 6.64. The summed E-state index contributed by atoms with van der Waals surface area (Å²) in [4.78, 5) is 11.2. The zero-order valence-electron chi connectivity index (χ0n) is 10.6. The van der Waals surface area contributed by atoms with Crippen molar-refractivity contribution in [1.29, 1.82) is 0 Å². The molecule has 1 rings (SSSR count). The van der Waals surface area contributed by atoms with Crippen LogP contribution in [0.25, 0.3) is 0 Å². The van der Waals surface area contributed by atoms with Crippen molar-refractivity contribution in [3.05, 3.63) is 28.2 Å². The number of carbonyl (C=O) groups is 1. The number of nitrogens with two attached hydrogens (primary N) is 1. The maximum absolute atomic E-state index is 11.2. The van der Waals surface area contributed by atoms with E-state index in [0.717, 1.165) is 16.5 Å². The molecule has 0 fully saturated rings. The average Bonchev–Trinajstić information content (AvgIpc) is 2.30. The van der Waals surface area contributed by atoms with Crippen molar-refractivity contribution in [3.63, 3.8) is 0 Å². The molecule has 0 bridgehead atoms. The third kappa shape index (κ3) is 5.06. The minimum absolute atomic E-state index is 0.0709. The Morgan fingerprint density at radius 2 is 2.22 bits per heavy atom. The van der Waals surface area contributed by atoms with Crippen molar-refractivity contribution in [2.24, 2.45) is 5.73 Å². The first kappa shape index (κ1) is 15.0. The third-order valence-electron chi connectivity index (χ3n) is 2.22. The summed E-state index contributed by atoms with van der Waals surface area (Å²) in [5, 5.41) is 0. The Labute approximate surface area is 116 Å². The van der Waals surface area contributed by atoms with E-state index in [1.54, 1.807) is 13.0 Å². The Morgan fingerprint density at radius 1 is 1.50 bits per heavy atom. The summed E-state index contributed by atoms with van der Waals surface area (Å²) >= 11 is 3.46. The SMILES string of the molecule is CCOC(=O)COc1ccc(Br)c(CC(C)N)c1. The van der Waals surface area contributed by atoms with E-state index in [-0.39, 0.29) is 18.6 Å². The van der Waals surface area contributed by atoms with E-state index in [1.165, 1.54) is 0 Å². The van der Waals surface area contributed by atoms with Crippen LogP contribution < -0.4 is 10.5 Å². The van der Waals surface area contributed by atoms with Gasteiger partial charge >= 0.3 is 5.97 Å². The summed E-state index contributed by atoms with van der Waals surface area (Å²) in [7, 11) is 0. The monoisotopic (exact) mass is 315 g/mol. The maximum atomic E-state index is 11.2. The zero-order chi connectivity index (χ0) is 13.5. The largest absolute Gasteiger partial charge is 0.482 e. The van der Waals surface area contributed by atoms with Gasteiger partial charge in [-0.3, -0.25) is 0 Å². The van der Waals surface area contributed by atoms with Gasteiger partial charge < -0.3 is 15.2 Å². The first-order chi connectivity index (χ1) is 8.52. The van der Waals surface area contributed by atoms with Crippen molar-refractivity contribution in [3.8, 4) is 5.75 Å². The summed E-state index contributed by atoms with van der Waals surface area (Å²) in [6.07, 6.45) is 0.747. The summed E-state index contributed by atoms with van der Waals surface area (Å²) in [5.41, 5.74) is 6.83. The first-order valence-electron chi connectivity index (χ1n) is 5.85. The average molecular weight is 316 g/mol. The number of benzene rings is 1. The smallest absolute Gasteiger partial charge is 0.344 e. The van der Waals surface area contributed by atoms with Gasteiger partial charge in [-0.1, -0.05) is 15.9 Å². The second-order valence-corrected chi connectivity index (χ2v) is 4.88. The second-order valence-electron chi connectivity index (χ2n) is 4.03. The van der Waals surface area contributed by atoms with Crippen LogP contribution in [0.3, 0.4) is 0 Å². The Balaban J connectivity index is 2.64. The van der Waals surface area contributed by atoms with Crippen molar-refractivity contribution < 1.29 is 14.3 Å². The van der Waals surface area contributed by atoms with Gasteiger partial charge in [0.25, 0.3) is 0 Å². The van der Waals surface area contributed by atoms with Gasteiger partial charge in [0.15, 0.2) is 6.61 Å². The zero-order valence-corrected chi connectivity index (χ0v) is 12.2. The minimum Gasteiger partial charge on any atom is -0.482 e. The number of rotatable bonds is 6. The molecule has 5 heteroatoms. The Bertz CT molecular complexity index is 407. The van der Waals surface area contributed by atoms with Gasteiger partial charge in [-0.2, -0.15) is 0 Å². The summed E-state index contributed by atoms with van der Waals surface area (Å²) in [6, 6.07) is 5.64. The van der Waals surface area contributed by atoms with Gasteiger partial charge in [-0.05, 0) is 44.0 Å². The number of hydrogen-bond donors (Lipinski definition) is 1. The molecule has 0 aliphatic carbocycles. The number of carbonyl (C=O) groups excluding carboxylic acids is 1. The van der Waals surface area contributed by atoms with E-state index < -0.39 is 0 Å². The third-order valence-corrected chi connectivity index (χ3v) is 2.99. The van der Waals surface area contributed by atoms with Gasteiger partial charge in [-0.15, -0.1) is 0 Å². The predicted octanol–water partition coefficient (Wildman–Crippen LogP) is 2.28. The van der Waals surface area contributed by atoms with Crippen LogP contribution in [0, 0.1) is 0 Å². The van der Waals surface area contributed by atoms with Gasteiger partial charge in [0, 0.05) is 10.5 Å². The van der Waals surface area contributed by atoms with Crippen molar-refractivity contribution in [2.75, 3.05) is 13.2 Å². The van der Waals surface area contributed by atoms with Crippen LogP contribution in [-0.2, 0) is 16.0 Å². The quantitative estimate of drug-likeness (QED) is 0.818. The molecule has 0 spiro atoms. The molecule has 4 nitrogen and oxygen atoms in total. The van der Waals surface area contributed by atoms with E-state index in [2.05, 4.69) is 15.9 Å². The lowest BCUT2D eigenvalue weighted by atomic mass is 10.1. The van der Waals surface area contributed by atoms with E-state index in [1.807, 2.05) is 19.1 Å². The fourth-order valence-corrected chi connectivity index (χ4v) is 1.90. The molecular weight excluding hydrogens is 298 g/mol. The molecule has 0 heterocycles. The molecule has 0 saturated carbocycles. The molecule has 0 saturated heterocycles. The number of halogens is 1. The van der Waals surface area contributed by atoms with Crippen LogP contribution in [0.4, 0.5) is 0 Å². The van der Waals surface area contributed by atoms with Crippen LogP contribution in [0.1, 0.15) is 19.4 Å². The highest BCUT2D eigenvalue weighted by Crippen LogP contribution is 2.23. The van der Waals surface area contributed by atoms with Gasteiger partial charge in [0.2, 0.25) is 0 Å². The molecule has 100 valence electrons. The van der Waals surface area contributed by atoms with Crippen LogP contribution in [0.15, 0.2) is 22.7 Å². The van der Waals surface area contributed by atoms with Gasteiger partial charge in [0.1, 0.15) is 5.75 Å². The molecule has 1 aromatic rings. The Morgan fingerprint density at radius 3 is 2.83 bits per heavy atom. The van der Waals surface area contributed by atoms with E-state index in [4.69, 9.17) is 15.2 Å². The molecule has 2 N–H and O–H groups in total. The normalized spacial score (nSPS) is 12.0. The lowest BCUT2D eigenvalue weighted by molar-refractivity contribution is -0.145. The topological polar surface area (TPSA) is 61.5 Å². The maximum Gasteiger partial charge on any atom is 0.344 e. The molecule has 18 heavy (non-hydrogen) atoms. The van der Waals surface area contributed by atoms with Gasteiger partial charge in [0.05, 0.1) is 6.61 Å². The van der Waals surface area contributed by atoms with Crippen molar-refractivity contribution in [1.82, 2.24) is 0 Å². The summed E-state index contributed by atoms with van der Waals surface area (Å²) < 4.78 is 11.1. The lowest BCUT2D eigenvalue weighted by Gasteiger charge is -2.11. The van der Waals surface area contributed by atoms with Crippen molar-refractivity contribution in [2.45, 2.75) is 26.3 Å². The van der Waals surface area contributed by atoms with E-state index in [9.17, 15) is 4.79 Å². The molecule has 0 amide bonds. The molecule has 0 radical (unpaired) electrons. The molecule has 0 aliphatic heterocycles. The van der Waals surface area contributed by atoms with Crippen LogP contribution in [-0.4, -0.2) is 25.2 Å². The van der Waals surface area contributed by atoms with Crippen LogP contribution in [0.2, 0.25) is 0 Å². The van der Waals surface area contributed by atoms with E-state index in [0.29, 0.717) is 12.4 Å². The molecular formula is C13H18BrNO3. The van der Waals surface area contributed by atoms with Crippen LogP contribution >= 0.6 is 15.9 Å². The van der Waals surface area contributed by atoms with Crippen LogP contribution in [0.5, 0.6) is 5.75 Å². The lowest BCUT2D eigenvalue weighted by Crippen LogP contribution is -2.18. The summed E-state index contributed by atoms with van der Waals surface area (Å²) in [6.45, 7) is 3.99. The molecule has 1 aromatic carbocycles. The predicted molar refractivity (Wildman–Crippen MR) is 73.6 cm³/mol. The standard InChI is InChI=1S/C13H18BrNO3/c1-3-17-13(16)8-18-11-4-5-12(14)10(7-11)6-9(2)15/h4-5,7,9H,3,6,8,15H2,1-2H3. The molecule has 1 unspecified atom stereocenters. The number of ether oxygens (including phenoxy) is 2. The Kier molecular flexibility index (Phi) is 6.15. The molecule has 0 aromatic heterocycles. The highest BCUT2D eigenvalue weighted by atomic mass is 79.9. The highest BCUT2D eigenvalue weighted by Gasteiger charge is 2.07. The summed E-state index contributed by atoms with van der Waals surface area (Å²) in [5.74, 6) is 0.274. The van der Waals surface area contributed by atoms with Gasteiger partial charge in [-0.25, -0.2) is 4.79 Å². The fourth-order valence-electron chi connectivity index (χ4n) is 1.49. The Hall–Kier alpha value is -1.07. The second kappa shape index (κ2) is 7.38. The number of hydrogen-bond acceptors (Lipinski definition) is 4. The minimum atomic E-state index is -0.367. The fraction of sp³-hybridized carbons (Fsp3) is 0.462. The highest BCUT2D eigenvalue weighted by molar-refractivity contribution is 9.10. The molecule has 1 atom stereocenters. The van der Waals surface area contributed by atoms with Crippen molar-refractivity contribution >= 4 is 21.9 Å². The number of esters is 1.